The van der Waals surface area contributed by atoms with E-state index in [1.54, 1.807) is 32.2 Å². The first-order valence-electron chi connectivity index (χ1n) is 17.5. The number of aromatic nitrogens is 1. The van der Waals surface area contributed by atoms with Crippen molar-refractivity contribution in [3.05, 3.63) is 94.3 Å². The third-order valence-electron chi connectivity index (χ3n) is 11.7. The minimum absolute atomic E-state index is 0.0483. The Morgan fingerprint density at radius 1 is 1.10 bits per heavy atom. The summed E-state index contributed by atoms with van der Waals surface area (Å²) >= 11 is 6.47. The van der Waals surface area contributed by atoms with Crippen molar-refractivity contribution < 1.29 is 22.7 Å². The van der Waals surface area contributed by atoms with Crippen molar-refractivity contribution in [3.63, 3.8) is 0 Å². The lowest BCUT2D eigenvalue weighted by atomic mass is 9.62. The highest BCUT2D eigenvalue weighted by molar-refractivity contribution is 7.90. The van der Waals surface area contributed by atoms with Crippen molar-refractivity contribution in [1.82, 2.24) is 9.71 Å². The van der Waals surface area contributed by atoms with E-state index >= 15 is 0 Å². The van der Waals surface area contributed by atoms with Crippen LogP contribution >= 0.6 is 11.6 Å². The molecule has 260 valence electrons. The van der Waals surface area contributed by atoms with Crippen molar-refractivity contribution in [2.75, 3.05) is 31.7 Å². The molecule has 2 bridgehead atoms. The predicted molar refractivity (Wildman–Crippen MR) is 192 cm³/mol. The number of carbonyl (C=O) groups is 1. The van der Waals surface area contributed by atoms with Crippen LogP contribution in [0.5, 0.6) is 5.75 Å². The van der Waals surface area contributed by atoms with E-state index in [4.69, 9.17) is 26.1 Å². The predicted octanol–water partition coefficient (Wildman–Crippen LogP) is 7.12. The minimum atomic E-state index is -4.13. The molecule has 6 atom stereocenters. The fourth-order valence-electron chi connectivity index (χ4n) is 8.58. The second-order valence-corrected chi connectivity index (χ2v) is 16.8. The number of fused-ring (bicyclic) bond motifs is 4. The number of halogens is 1. The SMILES string of the molecule is CO[C@@]1(c2cccc(C)n2)/C=C/C[C@H](C)[C@@H](C)C(=O)NS(=O)(=O)c2ccc3c(c2)N(C[C@@H]2CC[C@H]21)C[C@@]1(CCCc2cc(Cl)ccc21)CO3. The van der Waals surface area contributed by atoms with Crippen molar-refractivity contribution in [2.24, 2.45) is 23.7 Å². The molecule has 2 aliphatic heterocycles. The van der Waals surface area contributed by atoms with E-state index in [1.807, 2.05) is 32.0 Å². The molecule has 1 amide bonds. The molecule has 10 heteroatoms. The molecule has 1 spiro atoms. The topological polar surface area (TPSA) is 97.8 Å². The molecule has 0 radical (unpaired) electrons. The first-order chi connectivity index (χ1) is 23.4. The van der Waals surface area contributed by atoms with Crippen LogP contribution in [0.1, 0.15) is 68.5 Å². The number of amides is 1. The van der Waals surface area contributed by atoms with E-state index in [0.717, 1.165) is 54.2 Å². The summed E-state index contributed by atoms with van der Waals surface area (Å²) in [4.78, 5) is 20.8. The molecule has 1 fully saturated rings. The molecule has 2 aromatic carbocycles. The molecule has 4 aliphatic rings. The van der Waals surface area contributed by atoms with Gasteiger partial charge < -0.3 is 14.4 Å². The molecular formula is C39H46ClN3O5S. The summed E-state index contributed by atoms with van der Waals surface area (Å²) in [6, 6.07) is 17.3. The zero-order chi connectivity index (χ0) is 34.6. The minimum Gasteiger partial charge on any atom is -0.490 e. The van der Waals surface area contributed by atoms with Gasteiger partial charge in [0.25, 0.3) is 10.0 Å². The number of aryl methyl sites for hydroxylation is 2. The van der Waals surface area contributed by atoms with Crippen LogP contribution in [0.25, 0.3) is 0 Å². The highest BCUT2D eigenvalue weighted by Gasteiger charge is 2.50. The van der Waals surface area contributed by atoms with Crippen molar-refractivity contribution >= 4 is 33.2 Å². The molecule has 8 nitrogen and oxygen atoms in total. The number of allylic oxidation sites excluding steroid dienone is 1. The summed E-state index contributed by atoms with van der Waals surface area (Å²) in [5.74, 6) is -0.187. The van der Waals surface area contributed by atoms with Gasteiger partial charge in [0, 0.05) is 48.2 Å². The summed E-state index contributed by atoms with van der Waals surface area (Å²) < 4.78 is 43.0. The van der Waals surface area contributed by atoms with Crippen LogP contribution in [0.15, 0.2) is 71.6 Å². The summed E-state index contributed by atoms with van der Waals surface area (Å²) in [7, 11) is -2.36. The number of ether oxygens (including phenoxy) is 2. The molecule has 1 aromatic heterocycles. The highest BCUT2D eigenvalue weighted by Crippen LogP contribution is 2.52. The number of sulfonamides is 1. The molecule has 2 aliphatic carbocycles. The lowest BCUT2D eigenvalue weighted by molar-refractivity contribution is -0.124. The summed E-state index contributed by atoms with van der Waals surface area (Å²) in [6.07, 6.45) is 9.69. The molecular weight excluding hydrogens is 658 g/mol. The Kier molecular flexibility index (Phi) is 9.07. The third-order valence-corrected chi connectivity index (χ3v) is 13.3. The number of carbonyl (C=O) groups excluding carboxylic acids is 1. The maximum Gasteiger partial charge on any atom is 0.264 e. The van der Waals surface area contributed by atoms with Gasteiger partial charge in [-0.05, 0) is 111 Å². The summed E-state index contributed by atoms with van der Waals surface area (Å²) in [5.41, 5.74) is 3.94. The van der Waals surface area contributed by atoms with E-state index in [1.165, 1.54) is 11.1 Å². The van der Waals surface area contributed by atoms with E-state index in [-0.39, 0.29) is 28.1 Å². The Hall–Kier alpha value is -3.40. The normalized spacial score (nSPS) is 31.7. The van der Waals surface area contributed by atoms with Gasteiger partial charge in [-0.3, -0.25) is 9.78 Å². The molecule has 0 unspecified atom stereocenters. The molecule has 1 N–H and O–H groups in total. The van der Waals surface area contributed by atoms with E-state index in [0.29, 0.717) is 31.9 Å². The first kappa shape index (κ1) is 34.1. The van der Waals surface area contributed by atoms with E-state index in [2.05, 4.69) is 40.0 Å². The van der Waals surface area contributed by atoms with Gasteiger partial charge >= 0.3 is 0 Å². The average Bonchev–Trinajstić information content (AvgIpc) is 3.21. The highest BCUT2D eigenvalue weighted by atomic mass is 35.5. The smallest absolute Gasteiger partial charge is 0.264 e. The zero-order valence-corrected chi connectivity index (χ0v) is 30.3. The maximum atomic E-state index is 13.7. The van der Waals surface area contributed by atoms with Gasteiger partial charge in [-0.1, -0.05) is 49.7 Å². The number of nitrogens with zero attached hydrogens (tertiary/aromatic N) is 2. The van der Waals surface area contributed by atoms with Crippen LogP contribution < -0.4 is 14.4 Å². The molecule has 0 saturated heterocycles. The molecule has 49 heavy (non-hydrogen) atoms. The van der Waals surface area contributed by atoms with Crippen molar-refractivity contribution in [2.45, 2.75) is 75.2 Å². The van der Waals surface area contributed by atoms with Gasteiger partial charge in [0.05, 0.1) is 22.9 Å². The summed E-state index contributed by atoms with van der Waals surface area (Å²) in [5, 5.41) is 0.727. The number of pyridine rings is 1. The maximum absolute atomic E-state index is 13.7. The van der Waals surface area contributed by atoms with Crippen LogP contribution in [0.2, 0.25) is 5.02 Å². The van der Waals surface area contributed by atoms with Crippen LogP contribution in [0.3, 0.4) is 0 Å². The number of rotatable bonds is 2. The number of benzene rings is 2. The second kappa shape index (κ2) is 13.1. The van der Waals surface area contributed by atoms with Crippen LogP contribution in [0.4, 0.5) is 5.69 Å². The average molecular weight is 704 g/mol. The number of hydrogen-bond acceptors (Lipinski definition) is 7. The quantitative estimate of drug-likeness (QED) is 0.284. The lowest BCUT2D eigenvalue weighted by Crippen LogP contribution is -2.52. The Labute approximate surface area is 295 Å². The monoisotopic (exact) mass is 703 g/mol. The number of methoxy groups -OCH3 is 1. The lowest BCUT2D eigenvalue weighted by Gasteiger charge is -2.50. The molecule has 3 aromatic rings. The third kappa shape index (κ3) is 6.16. The Morgan fingerprint density at radius 2 is 1.94 bits per heavy atom. The van der Waals surface area contributed by atoms with Crippen LogP contribution in [0, 0.1) is 30.6 Å². The summed E-state index contributed by atoms with van der Waals surface area (Å²) in [6.45, 7) is 7.55. The van der Waals surface area contributed by atoms with Crippen LogP contribution in [-0.2, 0) is 37.0 Å². The van der Waals surface area contributed by atoms with Gasteiger partial charge in [0.1, 0.15) is 11.4 Å². The molecule has 7 rings (SSSR count). The van der Waals surface area contributed by atoms with Crippen molar-refractivity contribution in [1.29, 1.82) is 0 Å². The number of anilines is 1. The van der Waals surface area contributed by atoms with Crippen molar-refractivity contribution in [3.8, 4) is 5.75 Å². The Bertz CT molecular complexity index is 1900. The second-order valence-electron chi connectivity index (χ2n) is 14.7. The zero-order valence-electron chi connectivity index (χ0n) is 28.7. The van der Waals surface area contributed by atoms with Gasteiger partial charge in [-0.25, -0.2) is 13.1 Å². The van der Waals surface area contributed by atoms with Crippen LogP contribution in [-0.4, -0.2) is 46.1 Å². The number of hydrogen-bond donors (Lipinski definition) is 1. The fraction of sp³-hybridized carbons (Fsp3) is 0.487. The van der Waals surface area contributed by atoms with E-state index < -0.39 is 27.4 Å². The standard InChI is InChI=1S/C39H46ClN3O5S/c1-25-8-6-19-39(47-4,36-11-5-9-26(2)41-36)33-15-12-29(33)22-43-23-38(18-7-10-28-20-30(40)13-16-32(28)38)24-48-35-17-14-31(21-34(35)43)49(45,46)42-37(44)27(25)3/h5-6,9,11,13-14,16-17,19-21,25,27,29,33H,7-8,10,12,15,18,22-24H2,1-4H3,(H,42,44)/b19-6+/t25-,27+,29-,33+,38-,39-/m0/s1. The van der Waals surface area contributed by atoms with Gasteiger partial charge in [0.2, 0.25) is 5.91 Å². The fourth-order valence-corrected chi connectivity index (χ4v) is 9.86. The van der Waals surface area contributed by atoms with Gasteiger partial charge in [-0.2, -0.15) is 0 Å². The van der Waals surface area contributed by atoms with Gasteiger partial charge in [0.15, 0.2) is 0 Å². The molecule has 3 heterocycles. The number of nitrogens with one attached hydrogen (secondary N) is 1. The molecule has 1 saturated carbocycles. The van der Waals surface area contributed by atoms with E-state index in [9.17, 15) is 13.2 Å². The Balaban J connectivity index is 1.37. The van der Waals surface area contributed by atoms with Gasteiger partial charge in [-0.15, -0.1) is 0 Å². The first-order valence-corrected chi connectivity index (χ1v) is 19.4. The largest absolute Gasteiger partial charge is 0.490 e. The Morgan fingerprint density at radius 3 is 2.69 bits per heavy atom.